The smallest absolute Gasteiger partial charge is 0.119 e. The summed E-state index contributed by atoms with van der Waals surface area (Å²) in [5.41, 5.74) is 5.94. The molecule has 2 N–H and O–H groups in total. The van der Waals surface area contributed by atoms with Crippen molar-refractivity contribution in [3.8, 4) is 11.5 Å². The zero-order chi connectivity index (χ0) is 30.4. The van der Waals surface area contributed by atoms with E-state index < -0.39 is 0 Å². The Hall–Kier alpha value is -3.04. The zero-order valence-electron chi connectivity index (χ0n) is 27.1. The molecule has 43 heavy (non-hydrogen) atoms. The molecule has 0 saturated heterocycles. The van der Waals surface area contributed by atoms with Crippen LogP contribution in [0.3, 0.4) is 0 Å². The molecule has 0 amide bonds. The largest absolute Gasteiger partial charge is 0.508 e. The van der Waals surface area contributed by atoms with Crippen LogP contribution in [0.25, 0.3) is 11.1 Å². The van der Waals surface area contributed by atoms with Gasteiger partial charge in [-0.2, -0.15) is 0 Å². The van der Waals surface area contributed by atoms with E-state index in [-0.39, 0.29) is 5.75 Å². The van der Waals surface area contributed by atoms with E-state index in [1.807, 2.05) is 12.1 Å². The maximum atomic E-state index is 9.87. The number of rotatable bonds is 23. The average molecular weight is 584 g/mol. The van der Waals surface area contributed by atoms with Gasteiger partial charge in [0.15, 0.2) is 0 Å². The maximum absolute atomic E-state index is 9.87. The second-order valence-corrected chi connectivity index (χ2v) is 11.8. The summed E-state index contributed by atoms with van der Waals surface area (Å²) >= 11 is 0. The van der Waals surface area contributed by atoms with E-state index in [9.17, 15) is 5.11 Å². The monoisotopic (exact) mass is 583 g/mol. The van der Waals surface area contributed by atoms with E-state index in [1.165, 1.54) is 107 Å². The summed E-state index contributed by atoms with van der Waals surface area (Å²) in [5, 5.41) is 13.4. The predicted octanol–water partition coefficient (Wildman–Crippen LogP) is 11.2. The number of phenolic OH excluding ortho intramolecular Hbond substituents is 1. The molecule has 0 spiro atoms. The van der Waals surface area contributed by atoms with Crippen LogP contribution in [-0.4, -0.2) is 24.8 Å². The third kappa shape index (κ3) is 13.4. The Morgan fingerprint density at radius 1 is 0.558 bits per heavy atom. The van der Waals surface area contributed by atoms with E-state index in [1.54, 1.807) is 12.1 Å². The molecular weight excluding hydrogens is 526 g/mol. The molecule has 0 heterocycles. The van der Waals surface area contributed by atoms with Crippen LogP contribution < -0.4 is 10.1 Å². The number of nitrogens with one attached hydrogen (secondary N) is 1. The summed E-state index contributed by atoms with van der Waals surface area (Å²) in [6.07, 6.45) is 20.5. The molecule has 0 aliphatic heterocycles. The first-order valence-corrected chi connectivity index (χ1v) is 17.2. The van der Waals surface area contributed by atoms with Gasteiger partial charge in [-0.25, -0.2) is 0 Å². The van der Waals surface area contributed by atoms with E-state index in [2.05, 4.69) is 73.8 Å². The molecule has 0 aromatic heterocycles. The second kappa shape index (κ2) is 21.6. The third-order valence-corrected chi connectivity index (χ3v) is 8.33. The molecule has 3 rings (SSSR count). The molecule has 234 valence electrons. The van der Waals surface area contributed by atoms with Crippen LogP contribution in [-0.2, 0) is 0 Å². The molecule has 0 radical (unpaired) electrons. The Balaban J connectivity index is 1.33. The van der Waals surface area contributed by atoms with E-state index in [4.69, 9.17) is 4.74 Å². The maximum Gasteiger partial charge on any atom is 0.119 e. The number of unbranched alkanes of at least 4 members (excludes halogenated alkanes) is 13. The second-order valence-electron chi connectivity index (χ2n) is 11.8. The van der Waals surface area contributed by atoms with Crippen LogP contribution in [0.2, 0.25) is 0 Å². The van der Waals surface area contributed by atoms with Gasteiger partial charge in [0.2, 0.25) is 0 Å². The van der Waals surface area contributed by atoms with Gasteiger partial charge in [-0.05, 0) is 71.5 Å². The Labute approximate surface area is 262 Å². The van der Waals surface area contributed by atoms with Crippen molar-refractivity contribution in [3.05, 3.63) is 95.6 Å². The molecule has 0 bridgehead atoms. The summed E-state index contributed by atoms with van der Waals surface area (Å²) in [7, 11) is 0. The number of hydrogen-bond acceptors (Lipinski definition) is 3. The van der Waals surface area contributed by atoms with Crippen molar-refractivity contribution in [1.29, 1.82) is 0 Å². The molecule has 0 atom stereocenters. The summed E-state index contributed by atoms with van der Waals surface area (Å²) in [4.78, 5) is 0. The lowest BCUT2D eigenvalue weighted by molar-refractivity contribution is 0.313. The fourth-order valence-electron chi connectivity index (χ4n) is 5.84. The fourth-order valence-corrected chi connectivity index (χ4v) is 5.84. The highest BCUT2D eigenvalue weighted by Gasteiger charge is 2.13. The first-order valence-electron chi connectivity index (χ1n) is 17.2. The molecular formula is C40H57NO2. The molecule has 3 nitrogen and oxygen atoms in total. The van der Waals surface area contributed by atoms with Crippen LogP contribution in [0.5, 0.6) is 11.5 Å². The molecule has 0 fully saturated rings. The summed E-state index contributed by atoms with van der Waals surface area (Å²) in [6.45, 7) is 7.10. The fraction of sp³-hybridized carbons (Fsp3) is 0.500. The minimum Gasteiger partial charge on any atom is -0.508 e. The Morgan fingerprint density at radius 3 is 1.60 bits per heavy atom. The molecule has 0 unspecified atom stereocenters. The van der Waals surface area contributed by atoms with Gasteiger partial charge in [0.25, 0.3) is 0 Å². The molecule has 0 aliphatic rings. The van der Waals surface area contributed by atoms with Gasteiger partial charge in [0.05, 0.1) is 0 Å². The lowest BCUT2D eigenvalue weighted by Crippen LogP contribution is -2.22. The number of hydrogen-bond donors (Lipinski definition) is 2. The van der Waals surface area contributed by atoms with E-state index in [0.717, 1.165) is 36.4 Å². The van der Waals surface area contributed by atoms with Crippen LogP contribution in [0.4, 0.5) is 0 Å². The lowest BCUT2D eigenvalue weighted by Gasteiger charge is -2.17. The van der Waals surface area contributed by atoms with E-state index >= 15 is 0 Å². The van der Waals surface area contributed by atoms with Crippen LogP contribution in [0.1, 0.15) is 127 Å². The van der Waals surface area contributed by atoms with Gasteiger partial charge >= 0.3 is 0 Å². The van der Waals surface area contributed by atoms with Gasteiger partial charge < -0.3 is 15.2 Å². The van der Waals surface area contributed by atoms with Gasteiger partial charge in [-0.1, -0.05) is 152 Å². The van der Waals surface area contributed by atoms with Crippen LogP contribution in [0, 0.1) is 0 Å². The van der Waals surface area contributed by atoms with Crippen molar-refractivity contribution in [2.45, 2.75) is 110 Å². The standard InChI is InChI=1S/C40H57NO2/c1-3-5-6-7-8-9-10-11-12-13-14-15-16-20-31-41-32-33-43-38-29-25-36(26-30-38)40(35-23-27-37(42)28-24-35)39(4-2)34-21-18-17-19-22-34/h17-19,21-30,41-42H,3-16,20,31-33H2,1-2H3/b40-39-. The minimum atomic E-state index is 0.280. The van der Waals surface area contributed by atoms with Crippen molar-refractivity contribution in [1.82, 2.24) is 5.32 Å². The Bertz CT molecular complexity index is 1140. The van der Waals surface area contributed by atoms with Crippen LogP contribution >= 0.6 is 0 Å². The predicted molar refractivity (Wildman–Crippen MR) is 186 cm³/mol. The number of aromatic hydroxyl groups is 1. The Kier molecular flexibility index (Phi) is 17.3. The lowest BCUT2D eigenvalue weighted by atomic mass is 9.88. The molecule has 3 heteroatoms. The Morgan fingerprint density at radius 2 is 1.07 bits per heavy atom. The van der Waals surface area contributed by atoms with Crippen molar-refractivity contribution in [2.75, 3.05) is 19.7 Å². The van der Waals surface area contributed by atoms with E-state index in [0.29, 0.717) is 6.61 Å². The highest BCUT2D eigenvalue weighted by molar-refractivity contribution is 5.98. The highest BCUT2D eigenvalue weighted by atomic mass is 16.5. The topological polar surface area (TPSA) is 41.5 Å². The summed E-state index contributed by atoms with van der Waals surface area (Å²) in [5.74, 6) is 1.17. The minimum absolute atomic E-state index is 0.280. The number of allylic oxidation sites excluding steroid dienone is 1. The summed E-state index contributed by atoms with van der Waals surface area (Å²) in [6, 6.07) is 26.5. The third-order valence-electron chi connectivity index (χ3n) is 8.33. The van der Waals surface area contributed by atoms with Crippen molar-refractivity contribution in [2.24, 2.45) is 0 Å². The number of phenols is 1. The SMILES string of the molecule is CCCCCCCCCCCCCCCCNCCOc1ccc(/C(=C(/CC)c2ccccc2)c2ccc(O)cc2)cc1. The van der Waals surface area contributed by atoms with Gasteiger partial charge in [-0.15, -0.1) is 0 Å². The molecule has 3 aromatic carbocycles. The van der Waals surface area contributed by atoms with Crippen molar-refractivity contribution < 1.29 is 9.84 Å². The van der Waals surface area contributed by atoms with Crippen molar-refractivity contribution >= 4 is 11.1 Å². The highest BCUT2D eigenvalue weighted by Crippen LogP contribution is 2.35. The van der Waals surface area contributed by atoms with Crippen LogP contribution in [0.15, 0.2) is 78.9 Å². The van der Waals surface area contributed by atoms with Gasteiger partial charge in [-0.3, -0.25) is 0 Å². The molecule has 3 aromatic rings. The summed E-state index contributed by atoms with van der Waals surface area (Å²) < 4.78 is 6.05. The number of benzene rings is 3. The zero-order valence-corrected chi connectivity index (χ0v) is 27.1. The quantitative estimate of drug-likeness (QED) is 0.0861. The van der Waals surface area contributed by atoms with Crippen molar-refractivity contribution in [3.63, 3.8) is 0 Å². The first-order chi connectivity index (χ1) is 21.2. The molecule has 0 saturated carbocycles. The first kappa shape index (κ1) is 34.5. The average Bonchev–Trinajstić information content (AvgIpc) is 3.04. The number of ether oxygens (including phenoxy) is 1. The normalized spacial score (nSPS) is 11.9. The van der Waals surface area contributed by atoms with Gasteiger partial charge in [0.1, 0.15) is 18.1 Å². The van der Waals surface area contributed by atoms with Gasteiger partial charge in [0, 0.05) is 6.54 Å². The molecule has 0 aliphatic carbocycles.